The predicted molar refractivity (Wildman–Crippen MR) is 76.7 cm³/mol. The van der Waals surface area contributed by atoms with E-state index in [1.807, 2.05) is 11.4 Å². The topological polar surface area (TPSA) is 56.5 Å². The highest BCUT2D eigenvalue weighted by molar-refractivity contribution is 9.10. The average Bonchev–Trinajstić information content (AvgIpc) is 3.02. The maximum atomic E-state index is 10.5. The fourth-order valence-corrected chi connectivity index (χ4v) is 3.16. The number of rotatable bonds is 6. The summed E-state index contributed by atoms with van der Waals surface area (Å²) in [5, 5.41) is 16.7. The van der Waals surface area contributed by atoms with E-state index in [1.54, 1.807) is 25.1 Å². The first kappa shape index (κ1) is 14.5. The average molecular weight is 347 g/mol. The standard InChI is InChI=1S/C12H15BrN2O3S/c1-17-5-4-15-10(8(13)7-14-15)11(16)12-9(18-2)3-6-19-12/h3,6-7,11,16H,4-5H2,1-2H3. The van der Waals surface area contributed by atoms with E-state index < -0.39 is 6.10 Å². The van der Waals surface area contributed by atoms with Crippen LogP contribution < -0.4 is 4.74 Å². The Bertz CT molecular complexity index is 541. The van der Waals surface area contributed by atoms with Crippen LogP contribution in [0.3, 0.4) is 0 Å². The molecule has 0 fully saturated rings. The van der Waals surface area contributed by atoms with Crippen molar-refractivity contribution in [3.8, 4) is 5.75 Å². The molecular weight excluding hydrogens is 332 g/mol. The molecule has 0 aliphatic carbocycles. The van der Waals surface area contributed by atoms with Gasteiger partial charge in [0.2, 0.25) is 0 Å². The molecule has 5 nitrogen and oxygen atoms in total. The Labute approximate surface area is 123 Å². The molecule has 0 radical (unpaired) electrons. The molecule has 0 amide bonds. The Morgan fingerprint density at radius 3 is 3.00 bits per heavy atom. The van der Waals surface area contributed by atoms with Crippen LogP contribution in [0.5, 0.6) is 5.75 Å². The molecule has 2 aromatic heterocycles. The summed E-state index contributed by atoms with van der Waals surface area (Å²) in [5.74, 6) is 0.684. The highest BCUT2D eigenvalue weighted by atomic mass is 79.9. The molecule has 2 heterocycles. The zero-order valence-electron chi connectivity index (χ0n) is 10.7. The van der Waals surface area contributed by atoms with Crippen molar-refractivity contribution in [3.63, 3.8) is 0 Å². The summed E-state index contributed by atoms with van der Waals surface area (Å²) in [6.45, 7) is 1.12. The van der Waals surface area contributed by atoms with Gasteiger partial charge in [-0.1, -0.05) is 0 Å². The van der Waals surface area contributed by atoms with Gasteiger partial charge in [-0.05, 0) is 27.4 Å². The summed E-state index contributed by atoms with van der Waals surface area (Å²) in [5.41, 5.74) is 0.706. The fraction of sp³-hybridized carbons (Fsp3) is 0.417. The summed E-state index contributed by atoms with van der Waals surface area (Å²) < 4.78 is 12.8. The van der Waals surface area contributed by atoms with E-state index in [0.29, 0.717) is 24.6 Å². The lowest BCUT2D eigenvalue weighted by Gasteiger charge is -2.14. The van der Waals surface area contributed by atoms with Crippen molar-refractivity contribution in [3.05, 3.63) is 32.7 Å². The monoisotopic (exact) mass is 346 g/mol. The number of aliphatic hydroxyl groups excluding tert-OH is 1. The fourth-order valence-electron chi connectivity index (χ4n) is 1.80. The van der Waals surface area contributed by atoms with Gasteiger partial charge in [-0.3, -0.25) is 4.68 Å². The van der Waals surface area contributed by atoms with Crippen LogP contribution in [-0.2, 0) is 11.3 Å². The van der Waals surface area contributed by atoms with E-state index >= 15 is 0 Å². The Hall–Kier alpha value is -0.890. The van der Waals surface area contributed by atoms with Gasteiger partial charge >= 0.3 is 0 Å². The number of ether oxygens (including phenoxy) is 2. The summed E-state index contributed by atoms with van der Waals surface area (Å²) in [6.07, 6.45) is 0.901. The highest BCUT2D eigenvalue weighted by Gasteiger charge is 2.23. The van der Waals surface area contributed by atoms with Gasteiger partial charge in [0.25, 0.3) is 0 Å². The van der Waals surface area contributed by atoms with Crippen LogP contribution >= 0.6 is 27.3 Å². The molecule has 0 spiro atoms. The zero-order valence-corrected chi connectivity index (χ0v) is 13.1. The number of nitrogens with zero attached hydrogens (tertiary/aromatic N) is 2. The van der Waals surface area contributed by atoms with Gasteiger partial charge in [-0.25, -0.2) is 0 Å². The minimum absolute atomic E-state index is 0.537. The van der Waals surface area contributed by atoms with Gasteiger partial charge in [0, 0.05) is 7.11 Å². The van der Waals surface area contributed by atoms with Crippen LogP contribution in [0.1, 0.15) is 16.7 Å². The number of aliphatic hydroxyl groups is 1. The van der Waals surface area contributed by atoms with Crippen LogP contribution in [-0.4, -0.2) is 35.7 Å². The van der Waals surface area contributed by atoms with Gasteiger partial charge in [0.1, 0.15) is 11.9 Å². The van der Waals surface area contributed by atoms with Gasteiger partial charge in [0.15, 0.2) is 0 Å². The van der Waals surface area contributed by atoms with E-state index in [4.69, 9.17) is 9.47 Å². The normalized spacial score (nSPS) is 12.6. The first-order chi connectivity index (χ1) is 9.19. The quantitative estimate of drug-likeness (QED) is 0.872. The molecule has 0 saturated carbocycles. The molecule has 2 aromatic rings. The van der Waals surface area contributed by atoms with E-state index in [-0.39, 0.29) is 0 Å². The molecule has 0 aliphatic rings. The Balaban J connectivity index is 2.32. The maximum Gasteiger partial charge on any atom is 0.135 e. The number of aromatic nitrogens is 2. The molecule has 1 atom stereocenters. The second-order valence-electron chi connectivity index (χ2n) is 3.85. The second kappa shape index (κ2) is 6.51. The van der Waals surface area contributed by atoms with Gasteiger partial charge in [0.05, 0.1) is 41.5 Å². The predicted octanol–water partition coefficient (Wildman–Crippen LogP) is 2.44. The number of halogens is 1. The molecule has 1 N–H and O–H groups in total. The zero-order chi connectivity index (χ0) is 13.8. The van der Waals surface area contributed by atoms with Gasteiger partial charge in [-0.2, -0.15) is 5.10 Å². The molecule has 104 valence electrons. The van der Waals surface area contributed by atoms with Crippen molar-refractivity contribution in [2.45, 2.75) is 12.6 Å². The Kier molecular flexibility index (Phi) is 4.98. The van der Waals surface area contributed by atoms with Crippen LogP contribution in [0.25, 0.3) is 0 Å². The maximum absolute atomic E-state index is 10.5. The van der Waals surface area contributed by atoms with Crippen molar-refractivity contribution in [2.75, 3.05) is 20.8 Å². The van der Waals surface area contributed by atoms with E-state index in [1.165, 1.54) is 11.3 Å². The minimum Gasteiger partial charge on any atom is -0.495 e. The first-order valence-corrected chi connectivity index (χ1v) is 7.36. The molecule has 2 rings (SSSR count). The summed E-state index contributed by atoms with van der Waals surface area (Å²) in [7, 11) is 3.23. The molecule has 0 aliphatic heterocycles. The lowest BCUT2D eigenvalue weighted by Crippen LogP contribution is -2.13. The third kappa shape index (κ3) is 3.00. The van der Waals surface area contributed by atoms with Crippen LogP contribution in [0.4, 0.5) is 0 Å². The van der Waals surface area contributed by atoms with Crippen LogP contribution in [0.15, 0.2) is 22.1 Å². The lowest BCUT2D eigenvalue weighted by molar-refractivity contribution is 0.171. The number of thiophene rings is 1. The molecule has 1 unspecified atom stereocenters. The highest BCUT2D eigenvalue weighted by Crippen LogP contribution is 2.37. The van der Waals surface area contributed by atoms with Crippen molar-refractivity contribution in [2.24, 2.45) is 0 Å². The molecule has 19 heavy (non-hydrogen) atoms. The van der Waals surface area contributed by atoms with E-state index in [0.717, 1.165) is 9.35 Å². The van der Waals surface area contributed by atoms with Crippen molar-refractivity contribution < 1.29 is 14.6 Å². The third-order valence-electron chi connectivity index (χ3n) is 2.72. The summed E-state index contributed by atoms with van der Waals surface area (Å²) >= 11 is 4.87. The number of methoxy groups -OCH3 is 2. The van der Waals surface area contributed by atoms with Gasteiger partial charge < -0.3 is 14.6 Å². The number of hydrogen-bond donors (Lipinski definition) is 1. The minimum atomic E-state index is -0.774. The van der Waals surface area contributed by atoms with Crippen molar-refractivity contribution >= 4 is 27.3 Å². The van der Waals surface area contributed by atoms with E-state index in [2.05, 4.69) is 21.0 Å². The molecule has 0 saturated heterocycles. The molecule has 7 heteroatoms. The smallest absolute Gasteiger partial charge is 0.135 e. The second-order valence-corrected chi connectivity index (χ2v) is 5.65. The number of hydrogen-bond acceptors (Lipinski definition) is 5. The van der Waals surface area contributed by atoms with Gasteiger partial charge in [-0.15, -0.1) is 11.3 Å². The molecule has 0 bridgehead atoms. The Morgan fingerprint density at radius 2 is 2.32 bits per heavy atom. The van der Waals surface area contributed by atoms with Crippen LogP contribution in [0, 0.1) is 0 Å². The molecular formula is C12H15BrN2O3S. The summed E-state index contributed by atoms with van der Waals surface area (Å²) in [4.78, 5) is 0.766. The molecule has 0 aromatic carbocycles. The van der Waals surface area contributed by atoms with Crippen molar-refractivity contribution in [1.29, 1.82) is 0 Å². The SMILES string of the molecule is COCCn1ncc(Br)c1C(O)c1sccc1OC. The van der Waals surface area contributed by atoms with Crippen molar-refractivity contribution in [1.82, 2.24) is 9.78 Å². The third-order valence-corrected chi connectivity index (χ3v) is 4.29. The van der Waals surface area contributed by atoms with Crippen LogP contribution in [0.2, 0.25) is 0 Å². The first-order valence-electron chi connectivity index (χ1n) is 5.68. The van der Waals surface area contributed by atoms with E-state index in [9.17, 15) is 5.11 Å². The largest absolute Gasteiger partial charge is 0.495 e. The summed E-state index contributed by atoms with van der Waals surface area (Å²) in [6, 6.07) is 1.84. The lowest BCUT2D eigenvalue weighted by atomic mass is 10.2. The Morgan fingerprint density at radius 1 is 1.53 bits per heavy atom.